The van der Waals surface area contributed by atoms with Crippen LogP contribution in [0.5, 0.6) is 0 Å². The highest BCUT2D eigenvalue weighted by Gasteiger charge is 2.04. The van der Waals surface area contributed by atoms with E-state index in [2.05, 4.69) is 24.5 Å². The van der Waals surface area contributed by atoms with Gasteiger partial charge in [0.1, 0.15) is 0 Å². The SMILES string of the molecule is SCC#Cc1cc(Cl)cc(Cl)c1Cl. The summed E-state index contributed by atoms with van der Waals surface area (Å²) in [5.74, 6) is 6.06. The zero-order valence-electron chi connectivity index (χ0n) is 6.44. The molecule has 0 atom stereocenters. The summed E-state index contributed by atoms with van der Waals surface area (Å²) in [6, 6.07) is 3.25. The number of hydrogen-bond donors (Lipinski definition) is 1. The largest absolute Gasteiger partial charge is 0.166 e. The Morgan fingerprint density at radius 3 is 2.54 bits per heavy atom. The molecule has 1 rings (SSSR count). The Morgan fingerprint density at radius 1 is 1.23 bits per heavy atom. The van der Waals surface area contributed by atoms with Crippen LogP contribution in [0.2, 0.25) is 15.1 Å². The average molecular weight is 252 g/mol. The maximum atomic E-state index is 5.88. The molecule has 0 saturated heterocycles. The Bertz CT molecular complexity index is 376. The molecule has 0 N–H and O–H groups in total. The van der Waals surface area contributed by atoms with Gasteiger partial charge in [0.25, 0.3) is 0 Å². The maximum Gasteiger partial charge on any atom is 0.0749 e. The van der Waals surface area contributed by atoms with Gasteiger partial charge in [-0.15, -0.1) is 0 Å². The van der Waals surface area contributed by atoms with Crippen LogP contribution < -0.4 is 0 Å². The van der Waals surface area contributed by atoms with Gasteiger partial charge in [-0.05, 0) is 12.1 Å². The van der Waals surface area contributed by atoms with Crippen molar-refractivity contribution >= 4 is 47.4 Å². The van der Waals surface area contributed by atoms with Crippen LogP contribution in [-0.4, -0.2) is 5.75 Å². The smallest absolute Gasteiger partial charge is 0.0749 e. The predicted octanol–water partition coefficient (Wildman–Crippen LogP) is 3.93. The molecule has 0 fully saturated rings. The molecule has 1 aromatic rings. The Balaban J connectivity index is 3.20. The lowest BCUT2D eigenvalue weighted by atomic mass is 10.2. The third-order valence-corrected chi connectivity index (χ3v) is 2.47. The van der Waals surface area contributed by atoms with Crippen molar-refractivity contribution in [3.05, 3.63) is 32.8 Å². The number of benzene rings is 1. The lowest BCUT2D eigenvalue weighted by molar-refractivity contribution is 1.64. The third kappa shape index (κ3) is 3.00. The topological polar surface area (TPSA) is 0 Å². The first-order valence-corrected chi connectivity index (χ1v) is 5.16. The summed E-state index contributed by atoms with van der Waals surface area (Å²) in [7, 11) is 0. The zero-order chi connectivity index (χ0) is 9.84. The highest BCUT2D eigenvalue weighted by Crippen LogP contribution is 2.28. The van der Waals surface area contributed by atoms with Crippen LogP contribution in [0.3, 0.4) is 0 Å². The van der Waals surface area contributed by atoms with Crippen molar-refractivity contribution in [2.24, 2.45) is 0 Å². The fraction of sp³-hybridized carbons (Fsp3) is 0.111. The van der Waals surface area contributed by atoms with Gasteiger partial charge in [0.15, 0.2) is 0 Å². The summed E-state index contributed by atoms with van der Waals surface area (Å²) >= 11 is 21.4. The molecular formula is C9H5Cl3S. The number of hydrogen-bond acceptors (Lipinski definition) is 1. The van der Waals surface area contributed by atoms with Crippen LogP contribution in [0.4, 0.5) is 0 Å². The van der Waals surface area contributed by atoms with Gasteiger partial charge in [0, 0.05) is 10.6 Å². The summed E-state index contributed by atoms with van der Waals surface area (Å²) < 4.78 is 0. The van der Waals surface area contributed by atoms with Gasteiger partial charge in [-0.2, -0.15) is 12.6 Å². The van der Waals surface area contributed by atoms with Gasteiger partial charge in [-0.1, -0.05) is 46.6 Å². The fourth-order valence-corrected chi connectivity index (χ4v) is 1.51. The summed E-state index contributed by atoms with van der Waals surface area (Å²) in [6.07, 6.45) is 0. The van der Waals surface area contributed by atoms with E-state index in [0.29, 0.717) is 26.4 Å². The van der Waals surface area contributed by atoms with E-state index < -0.39 is 0 Å². The van der Waals surface area contributed by atoms with Gasteiger partial charge in [0.05, 0.1) is 15.8 Å². The molecule has 0 amide bonds. The molecular weight excluding hydrogens is 247 g/mol. The van der Waals surface area contributed by atoms with E-state index in [1.165, 1.54) is 0 Å². The Hall–Kier alpha value is -0.000000000000000111. The van der Waals surface area contributed by atoms with Crippen molar-refractivity contribution in [3.63, 3.8) is 0 Å². The minimum Gasteiger partial charge on any atom is -0.166 e. The number of halogens is 3. The molecule has 0 aromatic heterocycles. The van der Waals surface area contributed by atoms with E-state index in [-0.39, 0.29) is 0 Å². The van der Waals surface area contributed by atoms with Crippen LogP contribution in [0.1, 0.15) is 5.56 Å². The van der Waals surface area contributed by atoms with Gasteiger partial charge < -0.3 is 0 Å². The molecule has 0 nitrogen and oxygen atoms in total. The molecule has 68 valence electrons. The second kappa shape index (κ2) is 5.02. The molecule has 0 bridgehead atoms. The molecule has 1 aromatic carbocycles. The molecule has 13 heavy (non-hydrogen) atoms. The van der Waals surface area contributed by atoms with Gasteiger partial charge >= 0.3 is 0 Å². The monoisotopic (exact) mass is 250 g/mol. The minimum absolute atomic E-state index is 0.414. The fourth-order valence-electron chi connectivity index (χ4n) is 0.782. The summed E-state index contributed by atoms with van der Waals surface area (Å²) in [5.41, 5.74) is 0.633. The van der Waals surface area contributed by atoms with E-state index in [9.17, 15) is 0 Å². The molecule has 0 saturated carbocycles. The van der Waals surface area contributed by atoms with Crippen molar-refractivity contribution in [3.8, 4) is 11.8 Å². The first-order valence-electron chi connectivity index (χ1n) is 3.39. The Labute approximate surface area is 97.6 Å². The van der Waals surface area contributed by atoms with E-state index in [1.54, 1.807) is 12.1 Å². The molecule has 0 spiro atoms. The number of thiol groups is 1. The van der Waals surface area contributed by atoms with Crippen molar-refractivity contribution < 1.29 is 0 Å². The van der Waals surface area contributed by atoms with Crippen molar-refractivity contribution in [2.75, 3.05) is 5.75 Å². The van der Waals surface area contributed by atoms with Gasteiger partial charge in [-0.3, -0.25) is 0 Å². The first kappa shape index (κ1) is 11.1. The molecule has 0 aliphatic heterocycles. The molecule has 0 radical (unpaired) electrons. The lowest BCUT2D eigenvalue weighted by Crippen LogP contribution is -1.79. The third-order valence-electron chi connectivity index (χ3n) is 1.30. The minimum atomic E-state index is 0.414. The van der Waals surface area contributed by atoms with Gasteiger partial charge in [-0.25, -0.2) is 0 Å². The first-order chi connectivity index (χ1) is 6.15. The van der Waals surface area contributed by atoms with Crippen molar-refractivity contribution in [1.82, 2.24) is 0 Å². The highest BCUT2D eigenvalue weighted by atomic mass is 35.5. The quantitative estimate of drug-likeness (QED) is 0.403. The zero-order valence-corrected chi connectivity index (χ0v) is 9.61. The van der Waals surface area contributed by atoms with E-state index in [1.807, 2.05) is 0 Å². The van der Waals surface area contributed by atoms with Crippen LogP contribution in [-0.2, 0) is 0 Å². The normalized spacial score (nSPS) is 9.23. The Morgan fingerprint density at radius 2 is 1.92 bits per heavy atom. The predicted molar refractivity (Wildman–Crippen MR) is 62.2 cm³/mol. The van der Waals surface area contributed by atoms with Crippen molar-refractivity contribution in [2.45, 2.75) is 0 Å². The lowest BCUT2D eigenvalue weighted by Gasteiger charge is -1.99. The van der Waals surface area contributed by atoms with E-state index in [0.717, 1.165) is 0 Å². The van der Waals surface area contributed by atoms with E-state index >= 15 is 0 Å². The second-order valence-electron chi connectivity index (χ2n) is 2.21. The average Bonchev–Trinajstić information content (AvgIpc) is 2.09. The highest BCUT2D eigenvalue weighted by molar-refractivity contribution is 7.80. The summed E-state index contributed by atoms with van der Waals surface area (Å²) in [4.78, 5) is 0. The summed E-state index contributed by atoms with van der Waals surface area (Å²) in [5, 5.41) is 1.37. The number of rotatable bonds is 0. The molecule has 0 aliphatic carbocycles. The standard InChI is InChI=1S/C9H5Cl3S/c10-7-4-6(2-1-3-13)9(12)8(11)5-7/h4-5,13H,3H2. The van der Waals surface area contributed by atoms with E-state index in [4.69, 9.17) is 34.8 Å². The maximum absolute atomic E-state index is 5.88. The van der Waals surface area contributed by atoms with Gasteiger partial charge in [0.2, 0.25) is 0 Å². The molecule has 0 aliphatic rings. The van der Waals surface area contributed by atoms with Crippen LogP contribution in [0, 0.1) is 11.8 Å². The van der Waals surface area contributed by atoms with Crippen LogP contribution in [0.25, 0.3) is 0 Å². The second-order valence-corrected chi connectivity index (χ2v) is 3.75. The molecule has 0 unspecified atom stereocenters. The molecule has 4 heteroatoms. The summed E-state index contributed by atoms with van der Waals surface area (Å²) in [6.45, 7) is 0. The molecule has 0 heterocycles. The van der Waals surface area contributed by atoms with Crippen LogP contribution >= 0.6 is 47.4 Å². The Kier molecular flexibility index (Phi) is 4.28. The van der Waals surface area contributed by atoms with Crippen molar-refractivity contribution in [1.29, 1.82) is 0 Å². The van der Waals surface area contributed by atoms with Crippen LogP contribution in [0.15, 0.2) is 12.1 Å².